The van der Waals surface area contributed by atoms with Crippen molar-refractivity contribution < 1.29 is 41.1 Å². The van der Waals surface area contributed by atoms with E-state index in [0.717, 1.165) is 0 Å². The fraction of sp³-hybridized carbons (Fsp3) is 0.368. The van der Waals surface area contributed by atoms with Gasteiger partial charge in [0.25, 0.3) is 0 Å². The normalized spacial score (nSPS) is 10.1. The minimum atomic E-state index is -4.49. The van der Waals surface area contributed by atoms with Crippen LogP contribution in [0.1, 0.15) is 20.8 Å². The Labute approximate surface area is 191 Å². The Morgan fingerprint density at radius 1 is 0.970 bits per heavy atom. The van der Waals surface area contributed by atoms with E-state index in [1.54, 1.807) is 30.7 Å². The second-order valence-corrected chi connectivity index (χ2v) is 6.95. The summed E-state index contributed by atoms with van der Waals surface area (Å²) in [5.74, 6) is -0.0690. The molecule has 2 amide bonds. The predicted molar refractivity (Wildman–Crippen MR) is 117 cm³/mol. The minimum Gasteiger partial charge on any atom is -0.490 e. The molecule has 0 radical (unpaired) electrons. The summed E-state index contributed by atoms with van der Waals surface area (Å²) in [4.78, 5) is 29.5. The molecule has 0 aliphatic carbocycles. The molecule has 182 valence electrons. The second kappa shape index (κ2) is 13.6. The van der Waals surface area contributed by atoms with Gasteiger partial charge in [0.05, 0.1) is 33.5 Å². The van der Waals surface area contributed by atoms with Gasteiger partial charge in [-0.1, -0.05) is 12.1 Å². The molecular formula is C19H26N4O9S. The molecule has 0 aliphatic heterocycles. The molecule has 14 heteroatoms. The first-order chi connectivity index (χ1) is 15.6. The van der Waals surface area contributed by atoms with Crippen molar-refractivity contribution in [1.29, 1.82) is 0 Å². The van der Waals surface area contributed by atoms with Crippen LogP contribution in [0, 0.1) is 0 Å². The molecule has 0 saturated carbocycles. The van der Waals surface area contributed by atoms with Crippen LogP contribution in [-0.4, -0.2) is 57.8 Å². The van der Waals surface area contributed by atoms with Gasteiger partial charge in [0, 0.05) is 6.92 Å². The summed E-state index contributed by atoms with van der Waals surface area (Å²) < 4.78 is 50.2. The molecule has 0 spiro atoms. The first kappa shape index (κ1) is 27.2. The number of urea groups is 1. The average molecular weight is 487 g/mol. The van der Waals surface area contributed by atoms with E-state index < -0.39 is 16.3 Å². The number of rotatable bonds is 9. The van der Waals surface area contributed by atoms with Crippen molar-refractivity contribution in [2.75, 3.05) is 32.8 Å². The van der Waals surface area contributed by atoms with Crippen LogP contribution in [0.2, 0.25) is 0 Å². The lowest BCUT2D eigenvalue weighted by atomic mass is 10.3. The van der Waals surface area contributed by atoms with Crippen molar-refractivity contribution >= 4 is 28.3 Å². The van der Waals surface area contributed by atoms with E-state index >= 15 is 0 Å². The Kier molecular flexibility index (Phi) is 11.2. The number of methoxy groups -OCH3 is 2. The number of aromatic nitrogens is 2. The van der Waals surface area contributed by atoms with Crippen molar-refractivity contribution in [2.45, 2.75) is 20.8 Å². The van der Waals surface area contributed by atoms with Gasteiger partial charge in [-0.05, 0) is 26.0 Å². The molecule has 33 heavy (non-hydrogen) atoms. The summed E-state index contributed by atoms with van der Waals surface area (Å²) in [5, 5.41) is 2.15. The highest BCUT2D eigenvalue weighted by Crippen LogP contribution is 2.27. The van der Waals surface area contributed by atoms with Crippen molar-refractivity contribution in [2.24, 2.45) is 0 Å². The van der Waals surface area contributed by atoms with Crippen LogP contribution in [0.15, 0.2) is 30.3 Å². The maximum Gasteiger partial charge on any atom is 0.411 e. The number of amides is 2. The van der Waals surface area contributed by atoms with E-state index in [1.807, 2.05) is 0 Å². The van der Waals surface area contributed by atoms with Gasteiger partial charge in [-0.15, -0.1) is 0 Å². The lowest BCUT2D eigenvalue weighted by Gasteiger charge is -2.12. The van der Waals surface area contributed by atoms with Crippen LogP contribution in [0.4, 0.5) is 10.7 Å². The Morgan fingerprint density at radius 3 is 2.00 bits per heavy atom. The lowest BCUT2D eigenvalue weighted by Crippen LogP contribution is -2.37. The SMILES string of the molecule is CCOC(C)=O.CCOc1ccccc1OS(=O)(=O)NC(=O)Nc1nc(OC)cc(OC)n1. The molecule has 2 rings (SSSR count). The molecule has 1 heterocycles. The van der Waals surface area contributed by atoms with Gasteiger partial charge in [-0.2, -0.15) is 18.4 Å². The number of esters is 1. The van der Waals surface area contributed by atoms with Crippen molar-refractivity contribution in [3.05, 3.63) is 30.3 Å². The molecule has 0 bridgehead atoms. The molecule has 2 N–H and O–H groups in total. The zero-order chi connectivity index (χ0) is 24.9. The Balaban J connectivity index is 0.000000801. The molecule has 0 fully saturated rings. The standard InChI is InChI=1S/C15H18N4O7S.C4H8O2/c1-4-25-10-7-5-6-8-11(10)26-27(21,22)19-15(20)18-14-16-12(23-2)9-13(17-14)24-3;1-3-6-4(2)5/h5-9H,4H2,1-3H3,(H2,16,17,18,19,20);3H2,1-2H3. The van der Waals surface area contributed by atoms with Gasteiger partial charge < -0.3 is 23.1 Å². The number of benzene rings is 1. The summed E-state index contributed by atoms with van der Waals surface area (Å²) in [6.45, 7) is 5.70. The van der Waals surface area contributed by atoms with Crippen LogP contribution in [0.25, 0.3) is 0 Å². The molecule has 2 aromatic rings. The number of carbonyl (C=O) groups excluding carboxylic acids is 2. The molecule has 0 aliphatic rings. The van der Waals surface area contributed by atoms with Crippen LogP contribution in [-0.2, 0) is 19.8 Å². The molecule has 0 atom stereocenters. The predicted octanol–water partition coefficient (Wildman–Crippen LogP) is 1.91. The van der Waals surface area contributed by atoms with Crippen molar-refractivity contribution in [1.82, 2.24) is 14.7 Å². The van der Waals surface area contributed by atoms with E-state index in [0.29, 0.717) is 13.2 Å². The number of nitrogens with one attached hydrogen (secondary N) is 2. The second-order valence-electron chi connectivity index (χ2n) is 5.67. The summed E-state index contributed by atoms with van der Waals surface area (Å²) in [5.41, 5.74) is 0. The molecular weight excluding hydrogens is 460 g/mol. The van der Waals surface area contributed by atoms with Gasteiger partial charge in [-0.3, -0.25) is 10.1 Å². The fourth-order valence-electron chi connectivity index (χ4n) is 2.05. The van der Waals surface area contributed by atoms with E-state index in [4.69, 9.17) is 18.4 Å². The van der Waals surface area contributed by atoms with Gasteiger partial charge in [0.1, 0.15) is 0 Å². The fourth-order valence-corrected chi connectivity index (χ4v) is 2.74. The van der Waals surface area contributed by atoms with Gasteiger partial charge >= 0.3 is 22.3 Å². The first-order valence-corrected chi connectivity index (χ1v) is 10.9. The largest absolute Gasteiger partial charge is 0.490 e. The Hall–Kier alpha value is -3.81. The number of anilines is 1. The van der Waals surface area contributed by atoms with E-state index in [2.05, 4.69) is 20.0 Å². The smallest absolute Gasteiger partial charge is 0.411 e. The average Bonchev–Trinajstić information content (AvgIpc) is 2.74. The monoisotopic (exact) mass is 486 g/mol. The highest BCUT2D eigenvalue weighted by atomic mass is 32.2. The van der Waals surface area contributed by atoms with Crippen molar-refractivity contribution in [3.8, 4) is 23.3 Å². The number of para-hydroxylation sites is 2. The Morgan fingerprint density at radius 2 is 1.55 bits per heavy atom. The summed E-state index contributed by atoms with van der Waals surface area (Å²) in [6, 6.07) is 6.37. The lowest BCUT2D eigenvalue weighted by molar-refractivity contribution is -0.140. The maximum atomic E-state index is 12.1. The maximum absolute atomic E-state index is 12.1. The first-order valence-electron chi connectivity index (χ1n) is 9.49. The zero-order valence-corrected chi connectivity index (χ0v) is 19.6. The number of hydrogen-bond donors (Lipinski definition) is 2. The third-order valence-electron chi connectivity index (χ3n) is 3.24. The van der Waals surface area contributed by atoms with Gasteiger partial charge in [0.15, 0.2) is 11.5 Å². The topological polar surface area (TPSA) is 164 Å². The zero-order valence-electron chi connectivity index (χ0n) is 18.8. The van der Waals surface area contributed by atoms with Gasteiger partial charge in [-0.25, -0.2) is 9.52 Å². The highest BCUT2D eigenvalue weighted by molar-refractivity contribution is 7.85. The van der Waals surface area contributed by atoms with Crippen LogP contribution >= 0.6 is 0 Å². The van der Waals surface area contributed by atoms with E-state index in [9.17, 15) is 18.0 Å². The van der Waals surface area contributed by atoms with Crippen LogP contribution < -0.4 is 28.4 Å². The summed E-state index contributed by atoms with van der Waals surface area (Å²) in [6.07, 6.45) is 0. The molecule has 13 nitrogen and oxygen atoms in total. The number of ether oxygens (including phenoxy) is 4. The molecule has 0 unspecified atom stereocenters. The van der Waals surface area contributed by atoms with Gasteiger partial charge in [0.2, 0.25) is 17.7 Å². The molecule has 1 aromatic carbocycles. The third kappa shape index (κ3) is 10.4. The van der Waals surface area contributed by atoms with E-state index in [-0.39, 0.29) is 35.2 Å². The third-order valence-corrected chi connectivity index (χ3v) is 4.07. The highest BCUT2D eigenvalue weighted by Gasteiger charge is 2.20. The number of nitrogens with zero attached hydrogens (tertiary/aromatic N) is 2. The number of hydrogen-bond acceptors (Lipinski definition) is 11. The summed E-state index contributed by atoms with van der Waals surface area (Å²) >= 11 is 0. The number of carbonyl (C=O) groups is 2. The van der Waals surface area contributed by atoms with Crippen LogP contribution in [0.5, 0.6) is 23.3 Å². The minimum absolute atomic E-state index is 0.0704. The van der Waals surface area contributed by atoms with E-state index in [1.165, 1.54) is 39.3 Å². The Bertz CT molecular complexity index is 1010. The molecule has 1 aromatic heterocycles. The quantitative estimate of drug-likeness (QED) is 0.497. The molecule has 0 saturated heterocycles. The van der Waals surface area contributed by atoms with Crippen molar-refractivity contribution in [3.63, 3.8) is 0 Å². The van der Waals surface area contributed by atoms with Crippen LogP contribution in [0.3, 0.4) is 0 Å². The summed E-state index contributed by atoms with van der Waals surface area (Å²) in [7, 11) is -1.76.